The molecule has 0 fully saturated rings. The maximum Gasteiger partial charge on any atom is 0.316 e. The van der Waals surface area contributed by atoms with E-state index in [2.05, 4.69) is 30.8 Å². The third-order valence-corrected chi connectivity index (χ3v) is 5.21. The van der Waals surface area contributed by atoms with Crippen molar-refractivity contribution in [3.8, 4) is 6.01 Å². The van der Waals surface area contributed by atoms with Gasteiger partial charge in [0.05, 0.1) is 13.2 Å². The van der Waals surface area contributed by atoms with E-state index in [4.69, 9.17) is 4.74 Å². The highest BCUT2D eigenvalue weighted by Crippen LogP contribution is 2.22. The topological polar surface area (TPSA) is 86.1 Å². The van der Waals surface area contributed by atoms with Crippen molar-refractivity contribution in [2.24, 2.45) is 0 Å². The number of aromatic nitrogens is 3. The Labute approximate surface area is 142 Å². The van der Waals surface area contributed by atoms with Gasteiger partial charge in [-0.1, -0.05) is 21.0 Å². The van der Waals surface area contributed by atoms with Crippen molar-refractivity contribution in [3.05, 3.63) is 34.3 Å². The summed E-state index contributed by atoms with van der Waals surface area (Å²) in [6.07, 6.45) is 0. The first kappa shape index (κ1) is 17.8. The molecule has 1 aromatic heterocycles. The van der Waals surface area contributed by atoms with E-state index in [1.165, 1.54) is 19.2 Å². The first-order valence-electron chi connectivity index (χ1n) is 6.74. The largest absolute Gasteiger partial charge is 0.467 e. The van der Waals surface area contributed by atoms with Crippen molar-refractivity contribution in [1.82, 2.24) is 19.5 Å². The minimum Gasteiger partial charge on any atom is -0.467 e. The Balaban J connectivity index is 2.32. The molecule has 0 aliphatic heterocycles. The van der Waals surface area contributed by atoms with Gasteiger partial charge in [-0.25, -0.2) is 17.5 Å². The van der Waals surface area contributed by atoms with Gasteiger partial charge in [-0.2, -0.15) is 0 Å². The summed E-state index contributed by atoms with van der Waals surface area (Å²) in [7, 11) is -2.59. The Morgan fingerprint density at radius 2 is 2.13 bits per heavy atom. The second-order valence-electron chi connectivity index (χ2n) is 4.71. The summed E-state index contributed by atoms with van der Waals surface area (Å²) in [4.78, 5) is -0.429. The molecular formula is C13H16BrFN4O3S. The number of nitrogens with zero attached hydrogens (tertiary/aromatic N) is 3. The van der Waals surface area contributed by atoms with Gasteiger partial charge in [-0.3, -0.25) is 4.57 Å². The normalized spacial score (nSPS) is 13.1. The van der Waals surface area contributed by atoms with E-state index >= 15 is 0 Å². The van der Waals surface area contributed by atoms with Crippen LogP contribution < -0.4 is 9.46 Å². The number of sulfonamides is 1. The fourth-order valence-electron chi connectivity index (χ4n) is 2.11. The van der Waals surface area contributed by atoms with Crippen LogP contribution in [0.2, 0.25) is 0 Å². The molecule has 0 aliphatic rings. The number of benzene rings is 1. The molecule has 0 saturated carbocycles. The lowest BCUT2D eigenvalue weighted by molar-refractivity contribution is 0.354. The van der Waals surface area contributed by atoms with Crippen LogP contribution in [-0.2, 0) is 16.6 Å². The molecule has 0 saturated heterocycles. The number of nitrogens with one attached hydrogen (secondary N) is 1. The molecule has 0 bridgehead atoms. The summed E-state index contributed by atoms with van der Waals surface area (Å²) in [5.74, 6) is -0.459. The van der Waals surface area contributed by atoms with Gasteiger partial charge >= 0.3 is 6.01 Å². The first-order chi connectivity index (χ1) is 10.8. The van der Waals surface area contributed by atoms with Crippen molar-refractivity contribution in [2.45, 2.75) is 31.3 Å². The molecule has 2 aromatic rings. The van der Waals surface area contributed by atoms with E-state index in [9.17, 15) is 12.8 Å². The number of hydrogen-bond acceptors (Lipinski definition) is 5. The minimum atomic E-state index is -4.05. The van der Waals surface area contributed by atoms with Gasteiger partial charge in [0, 0.05) is 11.0 Å². The summed E-state index contributed by atoms with van der Waals surface area (Å²) in [5, 5.41) is 7.77. The van der Waals surface area contributed by atoms with Crippen molar-refractivity contribution >= 4 is 26.0 Å². The van der Waals surface area contributed by atoms with E-state index < -0.39 is 26.8 Å². The third kappa shape index (κ3) is 3.70. The van der Waals surface area contributed by atoms with Crippen LogP contribution in [0.25, 0.3) is 0 Å². The molecule has 10 heteroatoms. The predicted molar refractivity (Wildman–Crippen MR) is 85.1 cm³/mol. The van der Waals surface area contributed by atoms with E-state index in [0.717, 1.165) is 6.07 Å². The molecule has 126 valence electrons. The van der Waals surface area contributed by atoms with Crippen molar-refractivity contribution in [1.29, 1.82) is 0 Å². The van der Waals surface area contributed by atoms with Crippen LogP contribution in [0.3, 0.4) is 0 Å². The predicted octanol–water partition coefficient (Wildman–Crippen LogP) is 2.25. The maximum atomic E-state index is 13.9. The zero-order chi connectivity index (χ0) is 17.2. The van der Waals surface area contributed by atoms with Gasteiger partial charge in [0.2, 0.25) is 10.0 Å². The summed E-state index contributed by atoms with van der Waals surface area (Å²) < 4.78 is 48.2. The minimum absolute atomic E-state index is 0.281. The van der Waals surface area contributed by atoms with E-state index in [0.29, 0.717) is 16.8 Å². The highest BCUT2D eigenvalue weighted by molar-refractivity contribution is 9.10. The molecule has 0 aliphatic carbocycles. The van der Waals surface area contributed by atoms with E-state index in [1.807, 2.05) is 6.92 Å². The SMILES string of the molecule is CCn1c(OC)nnc1[C@@H](C)NS(=O)(=O)c1ccc(Br)cc1F. The smallest absolute Gasteiger partial charge is 0.316 e. The monoisotopic (exact) mass is 406 g/mol. The summed E-state index contributed by atoms with van der Waals surface area (Å²) in [6.45, 7) is 3.96. The van der Waals surface area contributed by atoms with Crippen LogP contribution in [0.1, 0.15) is 25.7 Å². The lowest BCUT2D eigenvalue weighted by atomic mass is 10.3. The number of methoxy groups -OCH3 is 1. The molecule has 2 rings (SSSR count). The summed E-state index contributed by atoms with van der Waals surface area (Å²) >= 11 is 3.09. The van der Waals surface area contributed by atoms with Crippen molar-refractivity contribution < 1.29 is 17.5 Å². The zero-order valence-electron chi connectivity index (χ0n) is 12.7. The zero-order valence-corrected chi connectivity index (χ0v) is 15.1. The third-order valence-electron chi connectivity index (χ3n) is 3.15. The van der Waals surface area contributed by atoms with Gasteiger partial charge < -0.3 is 4.74 Å². The van der Waals surface area contributed by atoms with Crippen LogP contribution in [0, 0.1) is 5.82 Å². The van der Waals surface area contributed by atoms with Crippen LogP contribution in [0.15, 0.2) is 27.6 Å². The molecule has 1 aromatic carbocycles. The molecular weight excluding hydrogens is 391 g/mol. The molecule has 1 N–H and O–H groups in total. The van der Waals surface area contributed by atoms with Gasteiger partial charge in [-0.15, -0.1) is 5.10 Å². The highest BCUT2D eigenvalue weighted by Gasteiger charge is 2.25. The fourth-order valence-corrected chi connectivity index (χ4v) is 3.70. The fraction of sp³-hybridized carbons (Fsp3) is 0.385. The summed E-state index contributed by atoms with van der Waals surface area (Å²) in [6, 6.07) is 3.32. The van der Waals surface area contributed by atoms with Crippen LogP contribution in [0.5, 0.6) is 6.01 Å². The number of ether oxygens (including phenoxy) is 1. The van der Waals surface area contributed by atoms with Gasteiger partial charge in [0.15, 0.2) is 5.82 Å². The second kappa shape index (κ2) is 6.93. The Kier molecular flexibility index (Phi) is 5.37. The van der Waals surface area contributed by atoms with E-state index in [1.54, 1.807) is 11.5 Å². The average molecular weight is 407 g/mol. The van der Waals surface area contributed by atoms with Gasteiger partial charge in [0.25, 0.3) is 0 Å². The molecule has 0 amide bonds. The molecule has 0 radical (unpaired) electrons. The lowest BCUT2D eigenvalue weighted by Crippen LogP contribution is -2.29. The Bertz CT molecular complexity index is 810. The molecule has 0 spiro atoms. The van der Waals surface area contributed by atoms with Crippen molar-refractivity contribution in [3.63, 3.8) is 0 Å². The average Bonchev–Trinajstić information content (AvgIpc) is 2.89. The van der Waals surface area contributed by atoms with Gasteiger partial charge in [-0.05, 0) is 32.0 Å². The molecule has 0 unspecified atom stereocenters. The quantitative estimate of drug-likeness (QED) is 0.794. The molecule has 1 atom stereocenters. The molecule has 1 heterocycles. The highest BCUT2D eigenvalue weighted by atomic mass is 79.9. The maximum absolute atomic E-state index is 13.9. The first-order valence-corrected chi connectivity index (χ1v) is 9.02. The standard InChI is InChI=1S/C13H16BrFN4O3S/c1-4-19-12(16-17-13(19)22-3)8(2)18-23(20,21)11-6-5-9(14)7-10(11)15/h5-8,18H,4H2,1-3H3/t8-/m1/s1. The number of halogens is 2. The Morgan fingerprint density at radius 1 is 1.43 bits per heavy atom. The van der Waals surface area contributed by atoms with E-state index in [-0.39, 0.29) is 6.01 Å². The Morgan fingerprint density at radius 3 is 2.70 bits per heavy atom. The lowest BCUT2D eigenvalue weighted by Gasteiger charge is -2.15. The van der Waals surface area contributed by atoms with Crippen LogP contribution in [-0.4, -0.2) is 30.3 Å². The Hall–Kier alpha value is -1.52. The van der Waals surface area contributed by atoms with Crippen LogP contribution >= 0.6 is 15.9 Å². The molecule has 7 nitrogen and oxygen atoms in total. The van der Waals surface area contributed by atoms with Crippen molar-refractivity contribution in [2.75, 3.05) is 7.11 Å². The summed E-state index contributed by atoms with van der Waals surface area (Å²) in [5.41, 5.74) is 0. The number of hydrogen-bond donors (Lipinski definition) is 1. The second-order valence-corrected chi connectivity index (χ2v) is 7.30. The number of rotatable bonds is 6. The van der Waals surface area contributed by atoms with Crippen LogP contribution in [0.4, 0.5) is 4.39 Å². The molecule has 23 heavy (non-hydrogen) atoms. The van der Waals surface area contributed by atoms with Gasteiger partial charge in [0.1, 0.15) is 10.7 Å².